The van der Waals surface area contributed by atoms with Gasteiger partial charge in [0.1, 0.15) is 0 Å². The highest BCUT2D eigenvalue weighted by molar-refractivity contribution is 8.13. The second kappa shape index (κ2) is 7.15. The maximum absolute atomic E-state index is 11.0. The van der Waals surface area contributed by atoms with Crippen LogP contribution in [0.25, 0.3) is 0 Å². The molecule has 0 unspecified atom stereocenters. The third-order valence-electron chi connectivity index (χ3n) is 2.58. The molecule has 0 atom stereocenters. The second-order valence-electron chi connectivity index (χ2n) is 3.95. The average Bonchev–Trinajstić information content (AvgIpc) is 2.35. The standard InChI is InChI=1S/C11H15N5O2S2/c1-6-7(4-19-10(12)13)2-9(16(17)18)3-8(6)5-20-11(14)15/h2-3H,4-5H2,1H3,(H3,12,13)(H3,14,15). The van der Waals surface area contributed by atoms with E-state index in [9.17, 15) is 10.1 Å². The molecule has 1 rings (SSSR count). The summed E-state index contributed by atoms with van der Waals surface area (Å²) < 4.78 is 0. The molecular formula is C11H15N5O2S2. The molecule has 0 saturated heterocycles. The summed E-state index contributed by atoms with van der Waals surface area (Å²) in [5, 5.41) is 25.3. The fourth-order valence-electron chi connectivity index (χ4n) is 1.54. The average molecular weight is 313 g/mol. The van der Waals surface area contributed by atoms with Crippen LogP contribution in [0.5, 0.6) is 0 Å². The van der Waals surface area contributed by atoms with Gasteiger partial charge in [0.25, 0.3) is 5.69 Å². The maximum atomic E-state index is 11.0. The molecule has 20 heavy (non-hydrogen) atoms. The first kappa shape index (κ1) is 16.3. The van der Waals surface area contributed by atoms with Gasteiger partial charge in [-0.2, -0.15) is 0 Å². The summed E-state index contributed by atoms with van der Waals surface area (Å²) in [6.07, 6.45) is 0. The number of nitro groups is 1. The van der Waals surface area contributed by atoms with Crippen molar-refractivity contribution < 1.29 is 4.92 Å². The normalized spacial score (nSPS) is 10.2. The summed E-state index contributed by atoms with van der Waals surface area (Å²) in [4.78, 5) is 10.5. The number of benzene rings is 1. The Morgan fingerprint density at radius 3 is 1.90 bits per heavy atom. The zero-order valence-corrected chi connectivity index (χ0v) is 12.4. The van der Waals surface area contributed by atoms with Crippen molar-refractivity contribution in [2.45, 2.75) is 18.4 Å². The van der Waals surface area contributed by atoms with Crippen LogP contribution in [-0.2, 0) is 11.5 Å². The molecule has 0 heterocycles. The lowest BCUT2D eigenvalue weighted by Crippen LogP contribution is -2.06. The van der Waals surface area contributed by atoms with Gasteiger partial charge in [0.15, 0.2) is 10.3 Å². The molecule has 0 saturated carbocycles. The van der Waals surface area contributed by atoms with Crippen LogP contribution < -0.4 is 11.5 Å². The number of amidine groups is 2. The van der Waals surface area contributed by atoms with Gasteiger partial charge in [-0.25, -0.2) is 0 Å². The minimum atomic E-state index is -0.455. The van der Waals surface area contributed by atoms with Gasteiger partial charge in [-0.3, -0.25) is 20.9 Å². The number of thioether (sulfide) groups is 2. The fourth-order valence-corrected chi connectivity index (χ4v) is 2.76. The maximum Gasteiger partial charge on any atom is 0.270 e. The SMILES string of the molecule is Cc1c(CSC(=N)N)cc([N+](=O)[O-])cc1CSC(=N)N. The smallest absolute Gasteiger partial charge is 0.270 e. The molecule has 0 radical (unpaired) electrons. The van der Waals surface area contributed by atoms with Gasteiger partial charge in [0.05, 0.1) is 4.92 Å². The van der Waals surface area contributed by atoms with Crippen molar-refractivity contribution >= 4 is 39.5 Å². The molecule has 0 aliphatic rings. The number of nitrogens with two attached hydrogens (primary N) is 2. The second-order valence-corrected chi connectivity index (χ2v) is 5.99. The van der Waals surface area contributed by atoms with E-state index in [0.717, 1.165) is 40.2 Å². The highest BCUT2D eigenvalue weighted by atomic mass is 32.2. The number of nitro benzene ring substituents is 1. The zero-order chi connectivity index (χ0) is 15.3. The van der Waals surface area contributed by atoms with E-state index in [1.807, 2.05) is 6.92 Å². The van der Waals surface area contributed by atoms with Crippen LogP contribution >= 0.6 is 23.5 Å². The summed E-state index contributed by atoms with van der Waals surface area (Å²) in [5.74, 6) is 0.807. The van der Waals surface area contributed by atoms with Crippen molar-refractivity contribution in [3.63, 3.8) is 0 Å². The lowest BCUT2D eigenvalue weighted by atomic mass is 10.0. The quantitative estimate of drug-likeness (QED) is 0.284. The van der Waals surface area contributed by atoms with E-state index in [1.54, 1.807) is 0 Å². The van der Waals surface area contributed by atoms with Crippen LogP contribution in [0.15, 0.2) is 12.1 Å². The molecule has 0 amide bonds. The summed E-state index contributed by atoms with van der Waals surface area (Å²) in [5.41, 5.74) is 13.0. The van der Waals surface area contributed by atoms with E-state index in [1.165, 1.54) is 12.1 Å². The highest BCUT2D eigenvalue weighted by Crippen LogP contribution is 2.27. The topological polar surface area (TPSA) is 143 Å². The molecule has 1 aromatic carbocycles. The zero-order valence-electron chi connectivity index (χ0n) is 10.8. The van der Waals surface area contributed by atoms with Gasteiger partial charge in [-0.15, -0.1) is 0 Å². The Balaban J connectivity index is 3.11. The number of nitrogens with one attached hydrogen (secondary N) is 2. The molecule has 1 aromatic rings. The number of rotatable bonds is 5. The van der Waals surface area contributed by atoms with E-state index >= 15 is 0 Å². The molecule has 0 bridgehead atoms. The molecular weight excluding hydrogens is 298 g/mol. The molecule has 9 heteroatoms. The minimum absolute atomic E-state index is 0.00564. The number of nitrogens with zero attached hydrogens (tertiary/aromatic N) is 1. The van der Waals surface area contributed by atoms with Gasteiger partial charge < -0.3 is 11.5 Å². The predicted molar refractivity (Wildman–Crippen MR) is 84.3 cm³/mol. The van der Waals surface area contributed by atoms with Crippen LogP contribution in [0, 0.1) is 27.9 Å². The van der Waals surface area contributed by atoms with Gasteiger partial charge in [0.2, 0.25) is 0 Å². The van der Waals surface area contributed by atoms with Crippen molar-refractivity contribution in [1.29, 1.82) is 10.8 Å². The fraction of sp³-hybridized carbons (Fsp3) is 0.273. The third kappa shape index (κ3) is 4.74. The van der Waals surface area contributed by atoms with Crippen LogP contribution in [0.4, 0.5) is 5.69 Å². The first-order valence-electron chi connectivity index (χ1n) is 5.51. The van der Waals surface area contributed by atoms with E-state index in [2.05, 4.69) is 0 Å². The van der Waals surface area contributed by atoms with Gasteiger partial charge in [-0.1, -0.05) is 23.5 Å². The Hall–Kier alpha value is -1.74. The Bertz CT molecular complexity index is 523. The Labute approximate surface area is 124 Å². The van der Waals surface area contributed by atoms with E-state index in [-0.39, 0.29) is 16.0 Å². The van der Waals surface area contributed by atoms with Crippen molar-refractivity contribution in [2.75, 3.05) is 0 Å². The first-order valence-corrected chi connectivity index (χ1v) is 7.48. The monoisotopic (exact) mass is 313 g/mol. The van der Waals surface area contributed by atoms with Crippen molar-refractivity contribution in [3.8, 4) is 0 Å². The summed E-state index contributed by atoms with van der Waals surface area (Å²) in [6.45, 7) is 1.86. The first-order chi connectivity index (χ1) is 9.31. The minimum Gasteiger partial charge on any atom is -0.379 e. The molecule has 7 nitrogen and oxygen atoms in total. The van der Waals surface area contributed by atoms with Gasteiger partial charge >= 0.3 is 0 Å². The lowest BCUT2D eigenvalue weighted by molar-refractivity contribution is -0.385. The summed E-state index contributed by atoms with van der Waals surface area (Å²) in [7, 11) is 0. The predicted octanol–water partition coefficient (Wildman–Crippen LogP) is 2.16. The molecule has 0 fully saturated rings. The highest BCUT2D eigenvalue weighted by Gasteiger charge is 2.14. The van der Waals surface area contributed by atoms with Crippen molar-refractivity contribution in [2.24, 2.45) is 11.5 Å². The molecule has 0 aromatic heterocycles. The molecule has 6 N–H and O–H groups in total. The van der Waals surface area contributed by atoms with Gasteiger partial charge in [0, 0.05) is 23.6 Å². The third-order valence-corrected chi connectivity index (χ3v) is 4.12. The number of hydrogen-bond donors (Lipinski definition) is 4. The van der Waals surface area contributed by atoms with Crippen LogP contribution in [0.1, 0.15) is 16.7 Å². The van der Waals surface area contributed by atoms with Gasteiger partial charge in [-0.05, 0) is 23.6 Å². The van der Waals surface area contributed by atoms with Crippen molar-refractivity contribution in [1.82, 2.24) is 0 Å². The number of hydrogen-bond acceptors (Lipinski definition) is 6. The molecule has 0 aliphatic carbocycles. The van der Waals surface area contributed by atoms with E-state index in [0.29, 0.717) is 11.5 Å². The molecule has 108 valence electrons. The molecule has 0 aliphatic heterocycles. The molecule has 0 spiro atoms. The van der Waals surface area contributed by atoms with Crippen LogP contribution in [-0.4, -0.2) is 15.3 Å². The largest absolute Gasteiger partial charge is 0.379 e. The Morgan fingerprint density at radius 2 is 1.60 bits per heavy atom. The van der Waals surface area contributed by atoms with E-state index in [4.69, 9.17) is 22.3 Å². The van der Waals surface area contributed by atoms with Crippen molar-refractivity contribution in [3.05, 3.63) is 38.9 Å². The number of non-ortho nitro benzene ring substituents is 1. The summed E-state index contributed by atoms with van der Waals surface area (Å²) >= 11 is 2.23. The Kier molecular flexibility index (Phi) is 5.83. The van der Waals surface area contributed by atoms with Crippen LogP contribution in [0.3, 0.4) is 0 Å². The van der Waals surface area contributed by atoms with Crippen LogP contribution in [0.2, 0.25) is 0 Å². The summed E-state index contributed by atoms with van der Waals surface area (Å²) in [6, 6.07) is 2.99. The van der Waals surface area contributed by atoms with E-state index < -0.39 is 4.92 Å². The Morgan fingerprint density at radius 1 is 1.20 bits per heavy atom. The lowest BCUT2D eigenvalue weighted by Gasteiger charge is -2.11.